The lowest BCUT2D eigenvalue weighted by Gasteiger charge is -2.06. The number of hydrogen-bond donors (Lipinski definition) is 1. The maximum Gasteiger partial charge on any atom is 0.226 e. The van der Waals surface area contributed by atoms with Gasteiger partial charge in [-0.15, -0.1) is 11.3 Å². The number of aromatic nitrogens is 2. The number of carbonyl (C=O) groups excluding carboxylic acids is 1. The molecule has 6 heteroatoms. The van der Waals surface area contributed by atoms with Gasteiger partial charge in [-0.1, -0.05) is 0 Å². The number of nitrogens with zero attached hydrogens (tertiary/aromatic N) is 2. The van der Waals surface area contributed by atoms with Gasteiger partial charge in [0.1, 0.15) is 11.3 Å². The average molecular weight is 315 g/mol. The van der Waals surface area contributed by atoms with Crippen molar-refractivity contribution in [2.75, 3.05) is 0 Å². The van der Waals surface area contributed by atoms with Crippen molar-refractivity contribution in [3.8, 4) is 10.6 Å². The molecule has 0 aliphatic carbocycles. The standard InChI is InChI=1S/C16H17N3O2S/c1-11-3-4-14(19(11)2)8-17-15(20)7-13-10-22-16(18-13)12-5-6-21-9-12/h3-6,9-10H,7-8H2,1-2H3,(H,17,20). The first-order valence-corrected chi connectivity index (χ1v) is 7.86. The largest absolute Gasteiger partial charge is 0.472 e. The summed E-state index contributed by atoms with van der Waals surface area (Å²) in [7, 11) is 1.99. The van der Waals surface area contributed by atoms with Crippen LogP contribution >= 0.6 is 11.3 Å². The Balaban J connectivity index is 1.57. The second-order valence-corrected chi connectivity index (χ2v) is 5.99. The second kappa shape index (κ2) is 6.19. The minimum atomic E-state index is -0.0251. The Bertz CT molecular complexity index is 771. The molecule has 0 saturated heterocycles. The number of furan rings is 1. The predicted molar refractivity (Wildman–Crippen MR) is 85.5 cm³/mol. The van der Waals surface area contributed by atoms with E-state index >= 15 is 0 Å². The van der Waals surface area contributed by atoms with Crippen LogP contribution in [0, 0.1) is 6.92 Å². The fourth-order valence-corrected chi connectivity index (χ4v) is 2.97. The fraction of sp³-hybridized carbons (Fsp3) is 0.250. The summed E-state index contributed by atoms with van der Waals surface area (Å²) in [4.78, 5) is 16.5. The minimum Gasteiger partial charge on any atom is -0.472 e. The van der Waals surface area contributed by atoms with Crippen LogP contribution in [0.15, 0.2) is 40.5 Å². The number of rotatable bonds is 5. The van der Waals surface area contributed by atoms with E-state index in [2.05, 4.69) is 14.9 Å². The van der Waals surface area contributed by atoms with Crippen molar-refractivity contribution in [1.29, 1.82) is 0 Å². The van der Waals surface area contributed by atoms with Crippen LogP contribution in [-0.4, -0.2) is 15.5 Å². The molecule has 0 unspecified atom stereocenters. The number of nitrogens with one attached hydrogen (secondary N) is 1. The number of thiazole rings is 1. The van der Waals surface area contributed by atoms with Crippen molar-refractivity contribution < 1.29 is 9.21 Å². The van der Waals surface area contributed by atoms with Crippen molar-refractivity contribution >= 4 is 17.2 Å². The van der Waals surface area contributed by atoms with Crippen LogP contribution in [0.1, 0.15) is 17.1 Å². The van der Waals surface area contributed by atoms with Crippen LogP contribution in [0.4, 0.5) is 0 Å². The van der Waals surface area contributed by atoms with E-state index in [-0.39, 0.29) is 12.3 Å². The zero-order valence-corrected chi connectivity index (χ0v) is 13.3. The SMILES string of the molecule is Cc1ccc(CNC(=O)Cc2csc(-c3ccoc3)n2)n1C. The summed E-state index contributed by atoms with van der Waals surface area (Å²) in [5.41, 5.74) is 3.98. The first-order chi connectivity index (χ1) is 10.6. The zero-order chi connectivity index (χ0) is 15.5. The Labute approximate surface area is 132 Å². The molecule has 0 aliphatic rings. The van der Waals surface area contributed by atoms with Gasteiger partial charge in [0.15, 0.2) is 0 Å². The highest BCUT2D eigenvalue weighted by molar-refractivity contribution is 7.13. The number of carbonyl (C=O) groups is 1. The predicted octanol–water partition coefficient (Wildman–Crippen LogP) is 2.91. The maximum absolute atomic E-state index is 12.0. The molecule has 0 spiro atoms. The summed E-state index contributed by atoms with van der Waals surface area (Å²) in [6.07, 6.45) is 3.56. The molecule has 3 aromatic rings. The highest BCUT2D eigenvalue weighted by atomic mass is 32.1. The third-order valence-electron chi connectivity index (χ3n) is 3.61. The van der Waals surface area contributed by atoms with E-state index in [4.69, 9.17) is 4.42 Å². The molecule has 1 N–H and O–H groups in total. The number of hydrogen-bond acceptors (Lipinski definition) is 4. The van der Waals surface area contributed by atoms with Crippen LogP contribution in [0.3, 0.4) is 0 Å². The summed E-state index contributed by atoms with van der Waals surface area (Å²) < 4.78 is 7.11. The second-order valence-electron chi connectivity index (χ2n) is 5.13. The molecule has 3 aromatic heterocycles. The van der Waals surface area contributed by atoms with Crippen molar-refractivity contribution in [1.82, 2.24) is 14.9 Å². The van der Waals surface area contributed by atoms with Gasteiger partial charge in [-0.3, -0.25) is 4.79 Å². The lowest BCUT2D eigenvalue weighted by molar-refractivity contribution is -0.120. The van der Waals surface area contributed by atoms with Gasteiger partial charge in [0.2, 0.25) is 5.91 Å². The average Bonchev–Trinajstić information content (AvgIpc) is 3.21. The Morgan fingerprint density at radius 2 is 2.27 bits per heavy atom. The lowest BCUT2D eigenvalue weighted by atomic mass is 10.3. The highest BCUT2D eigenvalue weighted by Gasteiger charge is 2.10. The molecule has 0 radical (unpaired) electrons. The van der Waals surface area contributed by atoms with E-state index < -0.39 is 0 Å². The third-order valence-corrected chi connectivity index (χ3v) is 4.55. The van der Waals surface area contributed by atoms with Crippen LogP contribution in [0.5, 0.6) is 0 Å². The third kappa shape index (κ3) is 3.12. The Morgan fingerprint density at radius 1 is 1.41 bits per heavy atom. The maximum atomic E-state index is 12.0. The summed E-state index contributed by atoms with van der Waals surface area (Å²) >= 11 is 1.51. The molecule has 3 rings (SSSR count). The monoisotopic (exact) mass is 315 g/mol. The molecule has 0 bridgehead atoms. The summed E-state index contributed by atoms with van der Waals surface area (Å²) in [5.74, 6) is -0.0251. The van der Waals surface area contributed by atoms with E-state index in [0.717, 1.165) is 22.0 Å². The molecule has 5 nitrogen and oxygen atoms in total. The van der Waals surface area contributed by atoms with Gasteiger partial charge in [-0.05, 0) is 25.1 Å². The van der Waals surface area contributed by atoms with Crippen LogP contribution < -0.4 is 5.32 Å². The molecule has 0 aliphatic heterocycles. The topological polar surface area (TPSA) is 60.1 Å². The zero-order valence-electron chi connectivity index (χ0n) is 12.5. The van der Waals surface area contributed by atoms with Crippen LogP contribution in [-0.2, 0) is 24.8 Å². The first kappa shape index (κ1) is 14.6. The molecule has 3 heterocycles. The Kier molecular flexibility index (Phi) is 4.11. The fourth-order valence-electron chi connectivity index (χ4n) is 2.17. The lowest BCUT2D eigenvalue weighted by Crippen LogP contribution is -2.25. The van der Waals surface area contributed by atoms with Gasteiger partial charge in [-0.2, -0.15) is 0 Å². The Morgan fingerprint density at radius 3 is 2.95 bits per heavy atom. The molecule has 0 saturated carbocycles. The molecule has 22 heavy (non-hydrogen) atoms. The van der Waals surface area contributed by atoms with E-state index in [9.17, 15) is 4.79 Å². The molecule has 0 fully saturated rings. The highest BCUT2D eigenvalue weighted by Crippen LogP contribution is 2.24. The van der Waals surface area contributed by atoms with Crippen molar-refractivity contribution in [3.63, 3.8) is 0 Å². The summed E-state index contributed by atoms with van der Waals surface area (Å²) in [6.45, 7) is 2.57. The van der Waals surface area contributed by atoms with E-state index in [1.807, 2.05) is 37.6 Å². The molecular weight excluding hydrogens is 298 g/mol. The molecule has 114 valence electrons. The van der Waals surface area contributed by atoms with Gasteiger partial charge >= 0.3 is 0 Å². The first-order valence-electron chi connectivity index (χ1n) is 6.98. The summed E-state index contributed by atoms with van der Waals surface area (Å²) in [6, 6.07) is 5.93. The van der Waals surface area contributed by atoms with Gasteiger partial charge in [-0.25, -0.2) is 4.98 Å². The quantitative estimate of drug-likeness (QED) is 0.787. The van der Waals surface area contributed by atoms with E-state index in [1.165, 1.54) is 17.0 Å². The smallest absolute Gasteiger partial charge is 0.226 e. The van der Waals surface area contributed by atoms with Gasteiger partial charge in [0.25, 0.3) is 0 Å². The van der Waals surface area contributed by atoms with Gasteiger partial charge in [0, 0.05) is 29.4 Å². The molecule has 0 aromatic carbocycles. The number of aryl methyl sites for hydroxylation is 1. The molecular formula is C16H17N3O2S. The normalized spacial score (nSPS) is 10.8. The van der Waals surface area contributed by atoms with Gasteiger partial charge in [0.05, 0.1) is 24.9 Å². The van der Waals surface area contributed by atoms with Crippen molar-refractivity contribution in [2.45, 2.75) is 19.9 Å². The van der Waals surface area contributed by atoms with Crippen molar-refractivity contribution in [2.24, 2.45) is 7.05 Å². The van der Waals surface area contributed by atoms with E-state index in [1.54, 1.807) is 12.5 Å². The minimum absolute atomic E-state index is 0.0251. The van der Waals surface area contributed by atoms with Crippen LogP contribution in [0.25, 0.3) is 10.6 Å². The Hall–Kier alpha value is -2.34. The van der Waals surface area contributed by atoms with Gasteiger partial charge < -0.3 is 14.3 Å². The van der Waals surface area contributed by atoms with Crippen LogP contribution in [0.2, 0.25) is 0 Å². The van der Waals surface area contributed by atoms with E-state index in [0.29, 0.717) is 6.54 Å². The number of amides is 1. The molecule has 1 amide bonds. The van der Waals surface area contributed by atoms with Crippen molar-refractivity contribution in [3.05, 3.63) is 53.2 Å². The molecule has 0 atom stereocenters. The summed E-state index contributed by atoms with van der Waals surface area (Å²) in [5, 5.41) is 5.71.